The van der Waals surface area contributed by atoms with Crippen molar-refractivity contribution in [3.63, 3.8) is 0 Å². The Labute approximate surface area is 194 Å². The lowest BCUT2D eigenvalue weighted by Crippen LogP contribution is -2.01. The Hall–Kier alpha value is -2.53. The standard InChI is InChI=1S/C27H20OS3/c1-29-21-7-3-5-17(13-21)19-9-11-25-23(15-19)27(28)24-16-20(10-12-26(24)31-25)18-6-4-8-22(14-18)30-2/h3-16H,1-2H3. The molecule has 1 nitrogen and oxygen atoms in total. The van der Waals surface area contributed by atoms with Gasteiger partial charge in [0.15, 0.2) is 5.43 Å². The van der Waals surface area contributed by atoms with Crippen LogP contribution in [0.5, 0.6) is 0 Å². The molecule has 0 unspecified atom stereocenters. The van der Waals surface area contributed by atoms with Gasteiger partial charge in [-0.25, -0.2) is 0 Å². The Bertz CT molecular complexity index is 1380. The van der Waals surface area contributed by atoms with Gasteiger partial charge < -0.3 is 0 Å². The third-order valence-corrected chi connectivity index (χ3v) is 8.08. The molecule has 31 heavy (non-hydrogen) atoms. The third kappa shape index (κ3) is 3.91. The number of hydrogen-bond donors (Lipinski definition) is 0. The van der Waals surface area contributed by atoms with Gasteiger partial charge in [-0.15, -0.1) is 34.9 Å². The number of hydrogen-bond acceptors (Lipinski definition) is 4. The summed E-state index contributed by atoms with van der Waals surface area (Å²) >= 11 is 5.13. The molecule has 1 heterocycles. The first-order valence-corrected chi connectivity index (χ1v) is 13.2. The monoisotopic (exact) mass is 456 g/mol. The second-order valence-electron chi connectivity index (χ2n) is 7.32. The van der Waals surface area contributed by atoms with Crippen molar-refractivity contribution in [3.05, 3.63) is 95.2 Å². The summed E-state index contributed by atoms with van der Waals surface area (Å²) in [6.45, 7) is 0. The zero-order valence-electron chi connectivity index (χ0n) is 17.2. The second-order valence-corrected chi connectivity index (χ2v) is 10.2. The van der Waals surface area contributed by atoms with E-state index in [1.165, 1.54) is 9.79 Å². The molecular formula is C27H20OS3. The molecule has 4 aromatic carbocycles. The molecule has 0 saturated heterocycles. The number of thioether (sulfide) groups is 2. The number of benzene rings is 4. The van der Waals surface area contributed by atoms with Crippen LogP contribution in [-0.2, 0) is 0 Å². The number of fused-ring (bicyclic) bond motifs is 2. The van der Waals surface area contributed by atoms with E-state index in [1.807, 2.05) is 12.1 Å². The van der Waals surface area contributed by atoms with Crippen LogP contribution in [0.2, 0.25) is 0 Å². The normalized spacial score (nSPS) is 11.3. The summed E-state index contributed by atoms with van der Waals surface area (Å²) in [6, 6.07) is 29.4. The smallest absolute Gasteiger partial charge is 0.195 e. The first-order chi connectivity index (χ1) is 15.2. The Morgan fingerprint density at radius 1 is 0.581 bits per heavy atom. The molecule has 0 amide bonds. The van der Waals surface area contributed by atoms with Crippen LogP contribution in [0.1, 0.15) is 0 Å². The van der Waals surface area contributed by atoms with Crippen molar-refractivity contribution in [1.82, 2.24) is 0 Å². The van der Waals surface area contributed by atoms with E-state index in [0.29, 0.717) is 0 Å². The first kappa shape index (κ1) is 20.4. The van der Waals surface area contributed by atoms with Crippen LogP contribution in [0, 0.1) is 0 Å². The van der Waals surface area contributed by atoms with Gasteiger partial charge in [-0.2, -0.15) is 0 Å². The van der Waals surface area contributed by atoms with E-state index >= 15 is 0 Å². The minimum absolute atomic E-state index is 0.106. The fourth-order valence-corrected chi connectivity index (χ4v) is 5.77. The maximum absolute atomic E-state index is 13.5. The molecule has 0 aliphatic rings. The Kier molecular flexibility index (Phi) is 5.61. The summed E-state index contributed by atoms with van der Waals surface area (Å²) in [5.41, 5.74) is 4.54. The molecule has 0 bridgehead atoms. The largest absolute Gasteiger partial charge is 0.289 e. The first-order valence-electron chi connectivity index (χ1n) is 9.96. The minimum atomic E-state index is 0.106. The van der Waals surface area contributed by atoms with Gasteiger partial charge in [-0.3, -0.25) is 4.79 Å². The van der Waals surface area contributed by atoms with Crippen molar-refractivity contribution in [3.8, 4) is 22.3 Å². The Morgan fingerprint density at radius 2 is 1.03 bits per heavy atom. The molecule has 0 radical (unpaired) electrons. The summed E-state index contributed by atoms with van der Waals surface area (Å²) in [5.74, 6) is 0. The van der Waals surface area contributed by atoms with Crippen molar-refractivity contribution in [1.29, 1.82) is 0 Å². The molecule has 5 rings (SSSR count). The predicted octanol–water partition coefficient (Wildman–Crippen LogP) is 8.19. The van der Waals surface area contributed by atoms with Crippen LogP contribution in [0.25, 0.3) is 42.4 Å². The van der Waals surface area contributed by atoms with Gasteiger partial charge >= 0.3 is 0 Å². The summed E-state index contributed by atoms with van der Waals surface area (Å²) in [6.07, 6.45) is 4.16. The lowest BCUT2D eigenvalue weighted by Gasteiger charge is -2.08. The third-order valence-electron chi connectivity index (χ3n) is 5.47. The van der Waals surface area contributed by atoms with Crippen LogP contribution in [-0.4, -0.2) is 12.5 Å². The number of rotatable bonds is 4. The van der Waals surface area contributed by atoms with Gasteiger partial charge in [-0.05, 0) is 83.3 Å². The molecular weight excluding hydrogens is 436 g/mol. The van der Waals surface area contributed by atoms with E-state index in [2.05, 4.69) is 85.3 Å². The maximum Gasteiger partial charge on any atom is 0.195 e. The molecule has 0 aliphatic heterocycles. The highest BCUT2D eigenvalue weighted by Gasteiger charge is 2.10. The molecule has 0 aliphatic carbocycles. The lowest BCUT2D eigenvalue weighted by atomic mass is 10.0. The average molecular weight is 457 g/mol. The van der Waals surface area contributed by atoms with Crippen LogP contribution < -0.4 is 5.43 Å². The van der Waals surface area contributed by atoms with E-state index in [0.717, 1.165) is 42.4 Å². The lowest BCUT2D eigenvalue weighted by molar-refractivity contribution is 1.46. The van der Waals surface area contributed by atoms with Gasteiger partial charge in [-0.1, -0.05) is 36.4 Å². The summed E-state index contributed by atoms with van der Waals surface area (Å²) in [7, 11) is 0. The van der Waals surface area contributed by atoms with E-state index in [1.54, 1.807) is 34.9 Å². The van der Waals surface area contributed by atoms with Gasteiger partial charge in [0.1, 0.15) is 0 Å². The van der Waals surface area contributed by atoms with E-state index in [9.17, 15) is 4.79 Å². The van der Waals surface area contributed by atoms with Gasteiger partial charge in [0, 0.05) is 30.0 Å². The van der Waals surface area contributed by atoms with E-state index < -0.39 is 0 Å². The highest BCUT2D eigenvalue weighted by atomic mass is 32.2. The summed E-state index contributed by atoms with van der Waals surface area (Å²) in [5, 5.41) is 1.58. The topological polar surface area (TPSA) is 17.1 Å². The van der Waals surface area contributed by atoms with Gasteiger partial charge in [0.2, 0.25) is 0 Å². The quantitative estimate of drug-likeness (QED) is 0.200. The average Bonchev–Trinajstić information content (AvgIpc) is 2.84. The summed E-state index contributed by atoms with van der Waals surface area (Å²) < 4.78 is 2.05. The van der Waals surface area contributed by atoms with Crippen LogP contribution >= 0.6 is 34.9 Å². The van der Waals surface area contributed by atoms with Crippen LogP contribution in [0.15, 0.2) is 99.5 Å². The van der Waals surface area contributed by atoms with E-state index in [4.69, 9.17) is 0 Å². The maximum atomic E-state index is 13.5. The second kappa shape index (κ2) is 8.54. The van der Waals surface area contributed by atoms with Crippen molar-refractivity contribution < 1.29 is 0 Å². The molecule has 152 valence electrons. The fraction of sp³-hybridized carbons (Fsp3) is 0.0741. The molecule has 4 heteroatoms. The van der Waals surface area contributed by atoms with Gasteiger partial charge in [0.25, 0.3) is 0 Å². The Balaban J connectivity index is 1.68. The molecule has 1 aromatic heterocycles. The predicted molar refractivity (Wildman–Crippen MR) is 140 cm³/mol. The zero-order chi connectivity index (χ0) is 21.4. The fourth-order valence-electron chi connectivity index (χ4n) is 3.82. The van der Waals surface area contributed by atoms with Crippen molar-refractivity contribution in [2.75, 3.05) is 12.5 Å². The minimum Gasteiger partial charge on any atom is -0.289 e. The van der Waals surface area contributed by atoms with Crippen molar-refractivity contribution >= 4 is 55.0 Å². The SMILES string of the molecule is CSc1cccc(-c2ccc3sc4ccc(-c5cccc(SC)c5)cc4c(=O)c3c2)c1. The molecule has 0 spiro atoms. The summed E-state index contributed by atoms with van der Waals surface area (Å²) in [4.78, 5) is 15.9. The molecule has 0 atom stereocenters. The van der Waals surface area contributed by atoms with Gasteiger partial charge in [0.05, 0.1) is 0 Å². The Morgan fingerprint density at radius 3 is 1.48 bits per heavy atom. The van der Waals surface area contributed by atoms with Crippen molar-refractivity contribution in [2.45, 2.75) is 9.79 Å². The molecule has 0 fully saturated rings. The molecule has 5 aromatic rings. The molecule has 0 saturated carbocycles. The van der Waals surface area contributed by atoms with E-state index in [-0.39, 0.29) is 5.43 Å². The highest BCUT2D eigenvalue weighted by Crippen LogP contribution is 2.32. The zero-order valence-corrected chi connectivity index (χ0v) is 19.7. The van der Waals surface area contributed by atoms with Crippen molar-refractivity contribution in [2.24, 2.45) is 0 Å². The highest BCUT2D eigenvalue weighted by molar-refractivity contribution is 7.98. The molecule has 0 N–H and O–H groups in total. The van der Waals surface area contributed by atoms with Crippen LogP contribution in [0.4, 0.5) is 0 Å². The van der Waals surface area contributed by atoms with Crippen LogP contribution in [0.3, 0.4) is 0 Å².